The Morgan fingerprint density at radius 1 is 1.17 bits per heavy atom. The van der Waals surface area contributed by atoms with Crippen LogP contribution in [0, 0.1) is 28.0 Å². The van der Waals surface area contributed by atoms with Gasteiger partial charge in [0.05, 0.1) is 13.2 Å². The molecule has 1 atom stereocenters. The number of carbonyl (C=O) groups is 1. The Hall–Kier alpha value is -2.20. The fourth-order valence-corrected chi connectivity index (χ4v) is 4.64. The van der Waals surface area contributed by atoms with Crippen molar-refractivity contribution in [1.29, 1.82) is 0 Å². The highest BCUT2D eigenvalue weighted by Crippen LogP contribution is 2.36. The molecule has 2 aliphatic rings. The predicted molar refractivity (Wildman–Crippen MR) is 103 cm³/mol. The van der Waals surface area contributed by atoms with E-state index in [-0.39, 0.29) is 31.4 Å². The second-order valence-corrected chi connectivity index (χ2v) is 7.99. The summed E-state index contributed by atoms with van der Waals surface area (Å²) >= 11 is 5.44. The number of hydrogen-bond acceptors (Lipinski definition) is 3. The molecule has 4 rings (SSSR count). The van der Waals surface area contributed by atoms with Crippen molar-refractivity contribution in [1.82, 2.24) is 14.0 Å². The third-order valence-electron chi connectivity index (χ3n) is 5.92. The van der Waals surface area contributed by atoms with E-state index in [0.717, 1.165) is 11.4 Å². The molecule has 3 heterocycles. The molecule has 10 heteroatoms. The number of morpholine rings is 1. The first kappa shape index (κ1) is 21.0. The van der Waals surface area contributed by atoms with Gasteiger partial charge in [-0.05, 0) is 25.1 Å². The molecule has 1 aromatic heterocycles. The van der Waals surface area contributed by atoms with E-state index in [2.05, 4.69) is 0 Å². The van der Waals surface area contributed by atoms with Crippen molar-refractivity contribution in [3.05, 3.63) is 51.1 Å². The van der Waals surface area contributed by atoms with E-state index in [4.69, 9.17) is 17.0 Å². The Labute approximate surface area is 175 Å². The van der Waals surface area contributed by atoms with Gasteiger partial charge in [0.1, 0.15) is 0 Å². The lowest BCUT2D eigenvalue weighted by molar-refractivity contribution is -0.135. The van der Waals surface area contributed by atoms with Crippen LogP contribution in [0.1, 0.15) is 29.3 Å². The molecule has 0 saturated carbocycles. The molecule has 0 spiro atoms. The maximum atomic E-state index is 14.3. The highest BCUT2D eigenvalue weighted by Gasteiger charge is 2.34. The van der Waals surface area contributed by atoms with E-state index >= 15 is 0 Å². The van der Waals surface area contributed by atoms with Gasteiger partial charge >= 0.3 is 0 Å². The van der Waals surface area contributed by atoms with Gasteiger partial charge in [0, 0.05) is 62.0 Å². The molecule has 1 amide bonds. The second-order valence-electron chi connectivity index (χ2n) is 7.62. The zero-order valence-corrected chi connectivity index (χ0v) is 17.2. The van der Waals surface area contributed by atoms with Crippen LogP contribution in [0.5, 0.6) is 0 Å². The van der Waals surface area contributed by atoms with E-state index in [1.54, 1.807) is 21.1 Å². The Kier molecular flexibility index (Phi) is 5.71. The Bertz CT molecular complexity index is 1030. The molecule has 1 fully saturated rings. The van der Waals surface area contributed by atoms with Gasteiger partial charge in [-0.3, -0.25) is 4.79 Å². The van der Waals surface area contributed by atoms with Crippen LogP contribution in [0.3, 0.4) is 0 Å². The summed E-state index contributed by atoms with van der Waals surface area (Å²) in [6.07, 6.45) is 0.859. The molecule has 2 aromatic rings. The summed E-state index contributed by atoms with van der Waals surface area (Å²) in [6, 6.07) is 0.213. The number of fused-ring (bicyclic) bond motifs is 1. The maximum absolute atomic E-state index is 14.3. The lowest BCUT2D eigenvalue weighted by atomic mass is 9.94. The van der Waals surface area contributed by atoms with Crippen LogP contribution in [0.25, 0.3) is 0 Å². The van der Waals surface area contributed by atoms with Gasteiger partial charge in [-0.25, -0.2) is 17.6 Å². The molecule has 162 valence electrons. The van der Waals surface area contributed by atoms with Crippen LogP contribution in [0.4, 0.5) is 17.6 Å². The van der Waals surface area contributed by atoms with Crippen molar-refractivity contribution in [3.8, 4) is 0 Å². The highest BCUT2D eigenvalue weighted by atomic mass is 32.1. The van der Waals surface area contributed by atoms with Crippen LogP contribution in [-0.2, 0) is 36.0 Å². The number of ether oxygens (including phenoxy) is 1. The minimum absolute atomic E-state index is 0.00278. The first-order valence-corrected chi connectivity index (χ1v) is 10.2. The van der Waals surface area contributed by atoms with Crippen LogP contribution >= 0.6 is 12.2 Å². The van der Waals surface area contributed by atoms with Crippen molar-refractivity contribution >= 4 is 18.1 Å². The van der Waals surface area contributed by atoms with Gasteiger partial charge in [-0.15, -0.1) is 0 Å². The molecule has 1 unspecified atom stereocenters. The van der Waals surface area contributed by atoms with Crippen LogP contribution in [0.15, 0.2) is 6.07 Å². The SMILES string of the molecule is Cn1c(CCC(=O)N2CCOCC2)c2n(c1=S)CC(c1c(F)c(F)cc(F)c1F)C2. The lowest BCUT2D eigenvalue weighted by Crippen LogP contribution is -2.40. The zero-order chi connectivity index (χ0) is 21.6. The summed E-state index contributed by atoms with van der Waals surface area (Å²) in [5, 5.41) is 0. The predicted octanol–water partition coefficient (Wildman–Crippen LogP) is 3.24. The van der Waals surface area contributed by atoms with E-state index in [9.17, 15) is 22.4 Å². The molecule has 1 aromatic carbocycles. The summed E-state index contributed by atoms with van der Waals surface area (Å²) in [7, 11) is 1.78. The Balaban J connectivity index is 1.57. The minimum Gasteiger partial charge on any atom is -0.378 e. The zero-order valence-electron chi connectivity index (χ0n) is 16.4. The number of halogens is 4. The molecule has 0 N–H and O–H groups in total. The fourth-order valence-electron chi connectivity index (χ4n) is 4.35. The Morgan fingerprint density at radius 3 is 2.43 bits per heavy atom. The number of rotatable bonds is 4. The minimum atomic E-state index is -1.42. The molecule has 1 saturated heterocycles. The fraction of sp³-hybridized carbons (Fsp3) is 0.500. The smallest absolute Gasteiger partial charge is 0.223 e. The summed E-state index contributed by atoms with van der Waals surface area (Å²) in [5.41, 5.74) is 0.941. The Morgan fingerprint density at radius 2 is 1.80 bits per heavy atom. The normalized spacial score (nSPS) is 18.7. The molecule has 0 radical (unpaired) electrons. The van der Waals surface area contributed by atoms with Crippen molar-refractivity contribution < 1.29 is 27.1 Å². The molecule has 2 aliphatic heterocycles. The third-order valence-corrected chi connectivity index (χ3v) is 6.41. The van der Waals surface area contributed by atoms with E-state index in [0.29, 0.717) is 37.5 Å². The lowest BCUT2D eigenvalue weighted by Gasteiger charge is -2.26. The molecule has 5 nitrogen and oxygen atoms in total. The summed E-state index contributed by atoms with van der Waals surface area (Å²) in [5.74, 6) is -6.35. The number of nitrogens with zero attached hydrogens (tertiary/aromatic N) is 3. The largest absolute Gasteiger partial charge is 0.378 e. The third kappa shape index (κ3) is 3.56. The van der Waals surface area contributed by atoms with Gasteiger partial charge in [0.15, 0.2) is 28.0 Å². The first-order chi connectivity index (χ1) is 14.3. The average Bonchev–Trinajstić information content (AvgIpc) is 3.25. The van der Waals surface area contributed by atoms with E-state index in [1.807, 2.05) is 0 Å². The quantitative estimate of drug-likeness (QED) is 0.414. The van der Waals surface area contributed by atoms with Crippen molar-refractivity contribution in [2.75, 3.05) is 26.3 Å². The number of hydrogen-bond donors (Lipinski definition) is 0. The van der Waals surface area contributed by atoms with E-state index in [1.165, 1.54) is 0 Å². The van der Waals surface area contributed by atoms with Gasteiger partial charge < -0.3 is 18.8 Å². The van der Waals surface area contributed by atoms with Gasteiger partial charge in [-0.2, -0.15) is 0 Å². The van der Waals surface area contributed by atoms with Gasteiger partial charge in [0.25, 0.3) is 0 Å². The van der Waals surface area contributed by atoms with Gasteiger partial charge in [0.2, 0.25) is 5.91 Å². The molecule has 30 heavy (non-hydrogen) atoms. The number of imidazole rings is 1. The van der Waals surface area contributed by atoms with E-state index < -0.39 is 34.8 Å². The molecular weight excluding hydrogens is 422 g/mol. The monoisotopic (exact) mass is 443 g/mol. The molecular formula is C20H21F4N3O2S. The van der Waals surface area contributed by atoms with Crippen LogP contribution in [-0.4, -0.2) is 46.2 Å². The van der Waals surface area contributed by atoms with Crippen molar-refractivity contribution in [2.45, 2.75) is 31.7 Å². The number of benzene rings is 1. The summed E-state index contributed by atoms with van der Waals surface area (Å²) in [6.45, 7) is 2.25. The topological polar surface area (TPSA) is 39.4 Å². The maximum Gasteiger partial charge on any atom is 0.223 e. The van der Waals surface area contributed by atoms with Crippen LogP contribution in [0.2, 0.25) is 0 Å². The first-order valence-electron chi connectivity index (χ1n) is 9.75. The number of amides is 1. The van der Waals surface area contributed by atoms with Crippen LogP contribution < -0.4 is 0 Å². The number of aromatic nitrogens is 2. The van der Waals surface area contributed by atoms with Crippen molar-refractivity contribution in [3.63, 3.8) is 0 Å². The van der Waals surface area contributed by atoms with Gasteiger partial charge in [-0.1, -0.05) is 0 Å². The summed E-state index contributed by atoms with van der Waals surface area (Å²) in [4.78, 5) is 14.2. The molecule has 0 bridgehead atoms. The summed E-state index contributed by atoms with van der Waals surface area (Å²) < 4.78 is 65.1. The standard InChI is InChI=1S/C20H21F4N3O2S/c1-25-14(2-3-16(28)26-4-6-29-7-5-26)15-8-11(10-27(15)20(25)30)17-18(23)12(21)9-13(22)19(17)24/h9,11H,2-8,10H2,1H3. The molecule has 0 aliphatic carbocycles. The second kappa shape index (κ2) is 8.14. The average molecular weight is 443 g/mol. The van der Waals surface area contributed by atoms with Crippen molar-refractivity contribution in [2.24, 2.45) is 7.05 Å². The highest BCUT2D eigenvalue weighted by molar-refractivity contribution is 7.71. The number of carbonyl (C=O) groups excluding carboxylic acids is 1.